The van der Waals surface area contributed by atoms with Crippen LogP contribution in [0.1, 0.15) is 39.8 Å². The van der Waals surface area contributed by atoms with Crippen molar-refractivity contribution in [2.75, 3.05) is 5.75 Å². The van der Waals surface area contributed by atoms with Crippen molar-refractivity contribution in [3.8, 4) is 0 Å². The van der Waals surface area contributed by atoms with Gasteiger partial charge in [0.15, 0.2) is 6.20 Å². The SMILES string of the molecule is CC(C)=CC(=C(C)C)c1cccc[n+]1CCCS(=O)(=O)O. The highest BCUT2D eigenvalue weighted by atomic mass is 32.2. The van der Waals surface area contributed by atoms with Crippen molar-refractivity contribution in [3.05, 3.63) is 47.3 Å². The van der Waals surface area contributed by atoms with Gasteiger partial charge in [-0.15, -0.1) is 0 Å². The molecule has 21 heavy (non-hydrogen) atoms. The Morgan fingerprint density at radius 1 is 1.24 bits per heavy atom. The summed E-state index contributed by atoms with van der Waals surface area (Å²) in [4.78, 5) is 0. The monoisotopic (exact) mass is 310 g/mol. The molecule has 0 radical (unpaired) electrons. The summed E-state index contributed by atoms with van der Waals surface area (Å²) in [6.07, 6.45) is 4.44. The minimum atomic E-state index is -3.90. The van der Waals surface area contributed by atoms with Gasteiger partial charge < -0.3 is 0 Å². The Hall–Kier alpha value is -1.46. The second kappa shape index (κ2) is 7.52. The van der Waals surface area contributed by atoms with Gasteiger partial charge in [0.2, 0.25) is 5.69 Å². The van der Waals surface area contributed by atoms with Crippen molar-refractivity contribution in [2.45, 2.75) is 40.7 Å². The molecular weight excluding hydrogens is 286 g/mol. The van der Waals surface area contributed by atoms with E-state index in [4.69, 9.17) is 4.55 Å². The maximum Gasteiger partial charge on any atom is 0.265 e. The number of aromatic nitrogens is 1. The van der Waals surface area contributed by atoms with Gasteiger partial charge in [-0.3, -0.25) is 4.55 Å². The number of pyridine rings is 1. The second-order valence-electron chi connectivity index (χ2n) is 5.55. The van der Waals surface area contributed by atoms with Crippen LogP contribution in [0.4, 0.5) is 0 Å². The third-order valence-corrected chi connectivity index (χ3v) is 3.79. The number of rotatable bonds is 6. The molecule has 0 bridgehead atoms. The third-order valence-electron chi connectivity index (χ3n) is 2.99. The first-order valence-corrected chi connectivity index (χ1v) is 8.58. The Kier molecular flexibility index (Phi) is 6.30. The Morgan fingerprint density at radius 2 is 1.90 bits per heavy atom. The lowest BCUT2D eigenvalue weighted by Crippen LogP contribution is -2.38. The smallest absolute Gasteiger partial charge is 0.265 e. The van der Waals surface area contributed by atoms with Gasteiger partial charge in [0, 0.05) is 24.1 Å². The second-order valence-corrected chi connectivity index (χ2v) is 7.13. The molecule has 4 nitrogen and oxygen atoms in total. The van der Waals surface area contributed by atoms with E-state index >= 15 is 0 Å². The minimum Gasteiger partial charge on any atom is -0.286 e. The van der Waals surface area contributed by atoms with Crippen molar-refractivity contribution in [3.63, 3.8) is 0 Å². The van der Waals surface area contributed by atoms with Crippen LogP contribution in [0.25, 0.3) is 5.57 Å². The van der Waals surface area contributed by atoms with Gasteiger partial charge in [0.1, 0.15) is 6.54 Å². The molecule has 0 spiro atoms. The van der Waals surface area contributed by atoms with Crippen molar-refractivity contribution in [1.29, 1.82) is 0 Å². The maximum atomic E-state index is 10.8. The summed E-state index contributed by atoms with van der Waals surface area (Å²) in [6.45, 7) is 8.76. The largest absolute Gasteiger partial charge is 0.286 e. The van der Waals surface area contributed by atoms with E-state index in [-0.39, 0.29) is 5.75 Å². The highest BCUT2D eigenvalue weighted by Gasteiger charge is 2.15. The predicted molar refractivity (Wildman–Crippen MR) is 85.4 cm³/mol. The molecule has 0 fully saturated rings. The average molecular weight is 310 g/mol. The molecule has 0 aromatic carbocycles. The van der Waals surface area contributed by atoms with Gasteiger partial charge in [-0.05, 0) is 39.8 Å². The zero-order chi connectivity index (χ0) is 16.0. The van der Waals surface area contributed by atoms with Crippen molar-refractivity contribution >= 4 is 15.7 Å². The van der Waals surface area contributed by atoms with E-state index in [1.54, 1.807) is 0 Å². The predicted octanol–water partition coefficient (Wildman–Crippen LogP) is 3.01. The molecule has 0 aliphatic carbocycles. The molecule has 116 valence electrons. The summed E-state index contributed by atoms with van der Waals surface area (Å²) in [7, 11) is -3.90. The van der Waals surface area contributed by atoms with E-state index in [0.29, 0.717) is 13.0 Å². The quantitative estimate of drug-likeness (QED) is 0.499. The first-order valence-electron chi connectivity index (χ1n) is 6.97. The van der Waals surface area contributed by atoms with Crippen molar-refractivity contribution in [2.24, 2.45) is 0 Å². The molecule has 5 heteroatoms. The average Bonchev–Trinajstić information content (AvgIpc) is 2.35. The van der Waals surface area contributed by atoms with E-state index in [1.807, 2.05) is 29.0 Å². The molecule has 0 atom stereocenters. The molecule has 0 saturated heterocycles. The number of hydrogen-bond acceptors (Lipinski definition) is 2. The Morgan fingerprint density at radius 3 is 2.43 bits per heavy atom. The van der Waals surface area contributed by atoms with E-state index < -0.39 is 10.1 Å². The van der Waals surface area contributed by atoms with Gasteiger partial charge in [-0.2, -0.15) is 13.0 Å². The molecule has 1 N–H and O–H groups in total. The Labute approximate surface area is 127 Å². The van der Waals surface area contributed by atoms with Crippen molar-refractivity contribution < 1.29 is 17.5 Å². The van der Waals surface area contributed by atoms with Crippen LogP contribution >= 0.6 is 0 Å². The first-order chi connectivity index (χ1) is 9.70. The summed E-state index contributed by atoms with van der Waals surface area (Å²) in [5.41, 5.74) is 4.60. The Bertz CT molecular complexity index is 650. The number of allylic oxidation sites excluding steroid dienone is 4. The van der Waals surface area contributed by atoms with Gasteiger partial charge in [0.25, 0.3) is 10.1 Å². The van der Waals surface area contributed by atoms with Crippen LogP contribution in [0.15, 0.2) is 41.6 Å². The fraction of sp³-hybridized carbons (Fsp3) is 0.438. The number of nitrogens with zero attached hydrogens (tertiary/aromatic N) is 1. The van der Waals surface area contributed by atoms with Crippen LogP contribution in [-0.2, 0) is 16.7 Å². The fourth-order valence-corrected chi connectivity index (χ4v) is 2.59. The molecule has 1 aromatic heterocycles. The number of aryl methyl sites for hydroxylation is 1. The topological polar surface area (TPSA) is 58.2 Å². The summed E-state index contributed by atoms with van der Waals surface area (Å²) in [6, 6.07) is 5.91. The molecule has 1 aromatic rings. The summed E-state index contributed by atoms with van der Waals surface area (Å²) >= 11 is 0. The van der Waals surface area contributed by atoms with Gasteiger partial charge in [-0.25, -0.2) is 0 Å². The van der Waals surface area contributed by atoms with Gasteiger partial charge in [-0.1, -0.05) is 11.1 Å². The minimum absolute atomic E-state index is 0.221. The van der Waals surface area contributed by atoms with E-state index in [1.165, 1.54) is 11.1 Å². The van der Waals surface area contributed by atoms with E-state index in [9.17, 15) is 8.42 Å². The van der Waals surface area contributed by atoms with Gasteiger partial charge in [0.05, 0.1) is 5.75 Å². The fourth-order valence-electron chi connectivity index (χ4n) is 2.10. The molecule has 1 heterocycles. The van der Waals surface area contributed by atoms with Crippen molar-refractivity contribution in [1.82, 2.24) is 0 Å². The summed E-state index contributed by atoms with van der Waals surface area (Å²) in [5, 5.41) is 0. The molecule has 1 rings (SSSR count). The van der Waals surface area contributed by atoms with E-state index in [2.05, 4.69) is 33.8 Å². The van der Waals surface area contributed by atoms with Gasteiger partial charge >= 0.3 is 0 Å². The Balaban J connectivity index is 3.09. The normalized spacial score (nSPS) is 11.1. The first kappa shape index (κ1) is 17.6. The molecule has 0 unspecified atom stereocenters. The maximum absolute atomic E-state index is 10.8. The zero-order valence-corrected chi connectivity index (χ0v) is 13.9. The molecule has 0 saturated carbocycles. The molecule has 0 aliphatic heterocycles. The highest BCUT2D eigenvalue weighted by Crippen LogP contribution is 2.18. The molecular formula is C16H24NO3S+. The lowest BCUT2D eigenvalue weighted by molar-refractivity contribution is -0.698. The van der Waals surface area contributed by atoms with Crippen LogP contribution in [-0.4, -0.2) is 18.7 Å². The lowest BCUT2D eigenvalue weighted by atomic mass is 10.0. The van der Waals surface area contributed by atoms with Crippen LogP contribution in [0.3, 0.4) is 0 Å². The summed E-state index contributed by atoms with van der Waals surface area (Å²) in [5.74, 6) is -0.221. The number of hydrogen-bond donors (Lipinski definition) is 1. The van der Waals surface area contributed by atoms with Crippen LogP contribution < -0.4 is 4.57 Å². The van der Waals surface area contributed by atoms with E-state index in [0.717, 1.165) is 11.3 Å². The highest BCUT2D eigenvalue weighted by molar-refractivity contribution is 7.85. The van der Waals surface area contributed by atoms with Crippen LogP contribution in [0, 0.1) is 0 Å². The van der Waals surface area contributed by atoms with Crippen LogP contribution in [0.2, 0.25) is 0 Å². The lowest BCUT2D eigenvalue weighted by Gasteiger charge is -2.07. The standard InChI is InChI=1S/C16H23NO3S/c1-13(2)12-15(14(3)4)16-8-5-6-9-17(16)10-7-11-21(18,19)20/h5-6,8-9,12H,7,10-11H2,1-4H3/p+1. The van der Waals surface area contributed by atoms with Crippen LogP contribution in [0.5, 0.6) is 0 Å². The summed E-state index contributed by atoms with van der Waals surface area (Å²) < 4.78 is 32.5. The third kappa shape index (κ3) is 6.23. The molecule has 0 aliphatic rings. The zero-order valence-electron chi connectivity index (χ0n) is 13.1. The molecule has 0 amide bonds.